The first-order chi connectivity index (χ1) is 12.0. The van der Waals surface area contributed by atoms with Gasteiger partial charge in [-0.15, -0.1) is 0 Å². The minimum atomic E-state index is -3.20. The summed E-state index contributed by atoms with van der Waals surface area (Å²) in [6, 6.07) is 25.4. The molecule has 0 bridgehead atoms. The lowest BCUT2D eigenvalue weighted by Gasteiger charge is -2.07. The molecule has 0 spiro atoms. The molecule has 1 N–H and O–H groups in total. The van der Waals surface area contributed by atoms with E-state index in [0.717, 1.165) is 33.3 Å². The molecule has 0 aliphatic heterocycles. The fourth-order valence-corrected chi connectivity index (χ4v) is 3.76. The number of sulfone groups is 1. The van der Waals surface area contributed by atoms with Crippen LogP contribution in [-0.4, -0.2) is 19.7 Å². The first-order valence-electron chi connectivity index (χ1n) is 8.01. The van der Waals surface area contributed by atoms with Crippen molar-refractivity contribution in [3.63, 3.8) is 0 Å². The first-order valence-corrected chi connectivity index (χ1v) is 9.90. The van der Waals surface area contributed by atoms with Crippen molar-refractivity contribution in [2.75, 3.05) is 6.26 Å². The van der Waals surface area contributed by atoms with Crippen molar-refractivity contribution in [3.05, 3.63) is 78.9 Å². The van der Waals surface area contributed by atoms with E-state index < -0.39 is 9.84 Å². The zero-order chi connectivity index (χ0) is 17.4. The second-order valence-corrected chi connectivity index (χ2v) is 8.10. The van der Waals surface area contributed by atoms with Gasteiger partial charge in [0.05, 0.1) is 10.6 Å². The summed E-state index contributed by atoms with van der Waals surface area (Å²) in [5.74, 6) is 0. The molecule has 4 rings (SSSR count). The second-order valence-electron chi connectivity index (χ2n) is 6.08. The normalized spacial score (nSPS) is 11.7. The summed E-state index contributed by atoms with van der Waals surface area (Å²) in [6.07, 6.45) is 1.22. The molecule has 0 aliphatic carbocycles. The molecule has 4 heteroatoms. The van der Waals surface area contributed by atoms with Gasteiger partial charge in [-0.05, 0) is 29.3 Å². The fourth-order valence-electron chi connectivity index (χ4n) is 3.13. The van der Waals surface area contributed by atoms with Crippen LogP contribution in [0.5, 0.6) is 0 Å². The Bertz CT molecular complexity index is 1140. The molecule has 0 unspecified atom stereocenters. The molecule has 0 amide bonds. The van der Waals surface area contributed by atoms with E-state index in [0.29, 0.717) is 4.90 Å². The largest absolute Gasteiger partial charge is 0.354 e. The Morgan fingerprint density at radius 2 is 1.36 bits per heavy atom. The predicted octanol–water partition coefficient (Wildman–Crippen LogP) is 4.91. The van der Waals surface area contributed by atoms with Gasteiger partial charge >= 0.3 is 0 Å². The van der Waals surface area contributed by atoms with Crippen LogP contribution in [0.25, 0.3) is 33.3 Å². The zero-order valence-electron chi connectivity index (χ0n) is 13.7. The third-order valence-electron chi connectivity index (χ3n) is 4.34. The van der Waals surface area contributed by atoms with E-state index in [-0.39, 0.29) is 0 Å². The molecule has 1 aromatic heterocycles. The average Bonchev–Trinajstić information content (AvgIpc) is 3.01. The maximum Gasteiger partial charge on any atom is 0.175 e. The van der Waals surface area contributed by atoms with Crippen molar-refractivity contribution in [2.24, 2.45) is 0 Å². The van der Waals surface area contributed by atoms with Gasteiger partial charge in [0.1, 0.15) is 0 Å². The molecule has 3 nitrogen and oxygen atoms in total. The first kappa shape index (κ1) is 15.7. The molecular formula is C21H17NO2S. The van der Waals surface area contributed by atoms with Gasteiger partial charge in [-0.1, -0.05) is 60.7 Å². The van der Waals surface area contributed by atoms with Gasteiger partial charge in [0.15, 0.2) is 9.84 Å². The van der Waals surface area contributed by atoms with Crippen molar-refractivity contribution in [1.82, 2.24) is 4.98 Å². The number of para-hydroxylation sites is 1. The lowest BCUT2D eigenvalue weighted by molar-refractivity contribution is 0.602. The maximum absolute atomic E-state index is 11.7. The van der Waals surface area contributed by atoms with Gasteiger partial charge in [0, 0.05) is 22.7 Å². The highest BCUT2D eigenvalue weighted by atomic mass is 32.2. The third-order valence-corrected chi connectivity index (χ3v) is 5.47. The van der Waals surface area contributed by atoms with Crippen molar-refractivity contribution in [3.8, 4) is 22.4 Å². The summed E-state index contributed by atoms with van der Waals surface area (Å²) < 4.78 is 23.4. The number of H-pyrrole nitrogens is 1. The number of aromatic nitrogens is 1. The fraction of sp³-hybridized carbons (Fsp3) is 0.0476. The highest BCUT2D eigenvalue weighted by Gasteiger charge is 2.15. The molecule has 0 fully saturated rings. The Kier molecular flexibility index (Phi) is 3.70. The van der Waals surface area contributed by atoms with Gasteiger partial charge in [0.2, 0.25) is 0 Å². The molecule has 25 heavy (non-hydrogen) atoms. The Balaban J connectivity index is 1.96. The average molecular weight is 347 g/mol. The number of hydrogen-bond acceptors (Lipinski definition) is 2. The monoisotopic (exact) mass is 347 g/mol. The zero-order valence-corrected chi connectivity index (χ0v) is 14.5. The quantitative estimate of drug-likeness (QED) is 0.573. The van der Waals surface area contributed by atoms with E-state index in [1.54, 1.807) is 12.1 Å². The van der Waals surface area contributed by atoms with E-state index in [4.69, 9.17) is 0 Å². The molecule has 0 saturated heterocycles. The van der Waals surface area contributed by atoms with Gasteiger partial charge in [-0.2, -0.15) is 0 Å². The van der Waals surface area contributed by atoms with E-state index in [9.17, 15) is 8.42 Å². The number of nitrogens with one attached hydrogen (secondary N) is 1. The smallest absolute Gasteiger partial charge is 0.175 e. The van der Waals surface area contributed by atoms with Crippen LogP contribution in [0.1, 0.15) is 0 Å². The van der Waals surface area contributed by atoms with Crippen LogP contribution in [0.2, 0.25) is 0 Å². The summed E-state index contributed by atoms with van der Waals surface area (Å²) >= 11 is 0. The number of fused-ring (bicyclic) bond motifs is 1. The van der Waals surface area contributed by atoms with Gasteiger partial charge in [-0.25, -0.2) is 8.42 Å². The van der Waals surface area contributed by atoms with Gasteiger partial charge in [-0.3, -0.25) is 0 Å². The van der Waals surface area contributed by atoms with Crippen LogP contribution in [0.15, 0.2) is 83.8 Å². The number of hydrogen-bond donors (Lipinski definition) is 1. The molecule has 4 aromatic rings. The Labute approximate surface area is 146 Å². The Morgan fingerprint density at radius 1 is 0.720 bits per heavy atom. The SMILES string of the molecule is CS(=O)(=O)c1ccc(-c2[nH]c3ccccc3c2-c2ccccc2)cc1. The maximum atomic E-state index is 11.7. The van der Waals surface area contributed by atoms with Crippen molar-refractivity contribution < 1.29 is 8.42 Å². The van der Waals surface area contributed by atoms with E-state index >= 15 is 0 Å². The summed E-state index contributed by atoms with van der Waals surface area (Å²) in [7, 11) is -3.20. The van der Waals surface area contributed by atoms with Crippen molar-refractivity contribution >= 4 is 20.7 Å². The van der Waals surface area contributed by atoms with E-state index in [1.165, 1.54) is 6.26 Å². The number of rotatable bonds is 3. The molecule has 0 saturated carbocycles. The third kappa shape index (κ3) is 2.85. The Hall–Kier alpha value is -2.85. The summed E-state index contributed by atoms with van der Waals surface area (Å²) in [4.78, 5) is 3.82. The lowest BCUT2D eigenvalue weighted by Crippen LogP contribution is -1.96. The molecule has 0 radical (unpaired) electrons. The van der Waals surface area contributed by atoms with Crippen LogP contribution in [0.4, 0.5) is 0 Å². The Morgan fingerprint density at radius 3 is 2.04 bits per heavy atom. The van der Waals surface area contributed by atoms with E-state index in [1.807, 2.05) is 42.5 Å². The standard InChI is InChI=1S/C21H17NO2S/c1-25(23,24)17-13-11-16(12-14-17)21-20(15-7-3-2-4-8-15)18-9-5-6-10-19(18)22-21/h2-14,22H,1H3. The molecule has 1 heterocycles. The minimum Gasteiger partial charge on any atom is -0.354 e. The van der Waals surface area contributed by atoms with Gasteiger partial charge < -0.3 is 4.98 Å². The second kappa shape index (κ2) is 5.90. The van der Waals surface area contributed by atoms with Crippen LogP contribution >= 0.6 is 0 Å². The summed E-state index contributed by atoms with van der Waals surface area (Å²) in [5.41, 5.74) is 5.27. The molecule has 124 valence electrons. The number of aromatic amines is 1. The van der Waals surface area contributed by atoms with Crippen LogP contribution in [0, 0.1) is 0 Å². The van der Waals surface area contributed by atoms with Crippen molar-refractivity contribution in [2.45, 2.75) is 4.90 Å². The summed E-state index contributed by atoms with van der Waals surface area (Å²) in [5, 5.41) is 1.15. The minimum absolute atomic E-state index is 0.327. The molecular weight excluding hydrogens is 330 g/mol. The van der Waals surface area contributed by atoms with Crippen LogP contribution in [0.3, 0.4) is 0 Å². The van der Waals surface area contributed by atoms with Crippen LogP contribution < -0.4 is 0 Å². The topological polar surface area (TPSA) is 49.9 Å². The molecule has 0 aliphatic rings. The summed E-state index contributed by atoms with van der Waals surface area (Å²) in [6.45, 7) is 0. The molecule has 3 aromatic carbocycles. The van der Waals surface area contributed by atoms with Crippen molar-refractivity contribution in [1.29, 1.82) is 0 Å². The highest BCUT2D eigenvalue weighted by molar-refractivity contribution is 7.90. The number of benzene rings is 3. The lowest BCUT2D eigenvalue weighted by atomic mass is 9.98. The van der Waals surface area contributed by atoms with Gasteiger partial charge in [0.25, 0.3) is 0 Å². The molecule has 0 atom stereocenters. The predicted molar refractivity (Wildman–Crippen MR) is 102 cm³/mol. The van der Waals surface area contributed by atoms with Crippen LogP contribution in [-0.2, 0) is 9.84 Å². The van der Waals surface area contributed by atoms with E-state index in [2.05, 4.69) is 29.2 Å². The highest BCUT2D eigenvalue weighted by Crippen LogP contribution is 2.38.